The summed E-state index contributed by atoms with van der Waals surface area (Å²) < 4.78 is 5.38. The molecule has 1 unspecified atom stereocenters. The number of nitrogens with two attached hydrogens (primary N) is 1. The number of hydrogen-bond acceptors (Lipinski definition) is 4. The van der Waals surface area contributed by atoms with Crippen molar-refractivity contribution in [3.8, 4) is 5.75 Å². The predicted molar refractivity (Wildman–Crippen MR) is 85.0 cm³/mol. The van der Waals surface area contributed by atoms with Crippen LogP contribution in [0, 0.1) is 0 Å². The Morgan fingerprint density at radius 1 is 1.52 bits per heavy atom. The molecule has 0 spiro atoms. The minimum Gasteiger partial charge on any atom is -0.495 e. The number of halogens is 1. The number of nitrogens with zero attached hydrogens (tertiary/aromatic N) is 1. The van der Waals surface area contributed by atoms with Crippen LogP contribution in [0.15, 0.2) is 18.2 Å². The molecule has 5 nitrogen and oxygen atoms in total. The number of nitrogens with one attached hydrogen (secondary N) is 1. The molecule has 1 amide bonds. The van der Waals surface area contributed by atoms with Gasteiger partial charge in [0, 0.05) is 24.2 Å². The van der Waals surface area contributed by atoms with Crippen molar-refractivity contribution in [3.63, 3.8) is 0 Å². The molecule has 0 saturated carbocycles. The van der Waals surface area contributed by atoms with Gasteiger partial charge >= 0.3 is 0 Å². The van der Waals surface area contributed by atoms with Gasteiger partial charge in [-0.2, -0.15) is 0 Å². The number of anilines is 1. The van der Waals surface area contributed by atoms with E-state index in [1.165, 1.54) is 0 Å². The number of amides is 1. The van der Waals surface area contributed by atoms with Crippen molar-refractivity contribution >= 4 is 23.2 Å². The zero-order valence-corrected chi connectivity index (χ0v) is 13.4. The van der Waals surface area contributed by atoms with Crippen molar-refractivity contribution in [3.05, 3.63) is 23.2 Å². The van der Waals surface area contributed by atoms with E-state index in [0.29, 0.717) is 5.02 Å². The highest BCUT2D eigenvalue weighted by Crippen LogP contribution is 2.33. The molecule has 1 aliphatic heterocycles. The maximum atomic E-state index is 11.9. The monoisotopic (exact) mass is 311 g/mol. The summed E-state index contributed by atoms with van der Waals surface area (Å²) in [7, 11) is 1.64. The summed E-state index contributed by atoms with van der Waals surface area (Å²) in [6.45, 7) is 4.97. The first-order valence-corrected chi connectivity index (χ1v) is 7.37. The van der Waals surface area contributed by atoms with Crippen LogP contribution >= 0.6 is 11.6 Å². The Morgan fingerprint density at radius 3 is 2.86 bits per heavy atom. The summed E-state index contributed by atoms with van der Waals surface area (Å²) in [5.41, 5.74) is 5.90. The lowest BCUT2D eigenvalue weighted by molar-refractivity contribution is -0.125. The minimum absolute atomic E-state index is 0.0870. The molecule has 1 saturated heterocycles. The Hall–Kier alpha value is -1.46. The lowest BCUT2D eigenvalue weighted by Gasteiger charge is -2.23. The zero-order valence-electron chi connectivity index (χ0n) is 12.6. The average Bonchev–Trinajstić information content (AvgIpc) is 2.86. The Labute approximate surface area is 130 Å². The molecule has 0 radical (unpaired) electrons. The number of carbonyl (C=O) groups is 1. The quantitative estimate of drug-likeness (QED) is 0.889. The fourth-order valence-electron chi connectivity index (χ4n) is 2.38. The number of hydrogen-bond donors (Lipinski definition) is 2. The van der Waals surface area contributed by atoms with Crippen molar-refractivity contribution in [1.29, 1.82) is 0 Å². The SMILES string of the molecule is COc1ccc(Cl)cc1N1CCC(NC(=O)C(C)(C)N)C1. The van der Waals surface area contributed by atoms with E-state index >= 15 is 0 Å². The van der Waals surface area contributed by atoms with E-state index in [2.05, 4.69) is 10.2 Å². The molecular weight excluding hydrogens is 290 g/mol. The van der Waals surface area contributed by atoms with Crippen LogP contribution in [0.1, 0.15) is 20.3 Å². The van der Waals surface area contributed by atoms with E-state index in [9.17, 15) is 4.79 Å². The maximum absolute atomic E-state index is 11.9. The molecule has 116 valence electrons. The molecular formula is C15H22ClN3O2. The van der Waals surface area contributed by atoms with Crippen LogP contribution in [0.25, 0.3) is 0 Å². The normalized spacial score (nSPS) is 18.7. The fraction of sp³-hybridized carbons (Fsp3) is 0.533. The fourth-order valence-corrected chi connectivity index (χ4v) is 2.54. The highest BCUT2D eigenvalue weighted by molar-refractivity contribution is 6.30. The van der Waals surface area contributed by atoms with Gasteiger partial charge in [0.05, 0.1) is 18.3 Å². The Bertz CT molecular complexity index is 528. The summed E-state index contributed by atoms with van der Waals surface area (Å²) in [6.07, 6.45) is 0.873. The largest absolute Gasteiger partial charge is 0.495 e. The molecule has 0 bridgehead atoms. The van der Waals surface area contributed by atoms with Gasteiger partial charge in [0.2, 0.25) is 5.91 Å². The summed E-state index contributed by atoms with van der Waals surface area (Å²) in [5, 5.41) is 3.66. The smallest absolute Gasteiger partial charge is 0.239 e. The lowest BCUT2D eigenvalue weighted by atomic mass is 10.1. The number of benzene rings is 1. The maximum Gasteiger partial charge on any atom is 0.239 e. The molecule has 1 heterocycles. The number of methoxy groups -OCH3 is 1. The van der Waals surface area contributed by atoms with Crippen LogP contribution in [-0.4, -0.2) is 37.7 Å². The van der Waals surface area contributed by atoms with Gasteiger partial charge in [-0.05, 0) is 38.5 Å². The number of carbonyl (C=O) groups excluding carboxylic acids is 1. The van der Waals surface area contributed by atoms with E-state index < -0.39 is 5.54 Å². The van der Waals surface area contributed by atoms with E-state index in [0.717, 1.165) is 30.9 Å². The molecule has 2 rings (SSSR count). The van der Waals surface area contributed by atoms with Crippen LogP contribution in [-0.2, 0) is 4.79 Å². The Kier molecular flexibility index (Phi) is 4.64. The zero-order chi connectivity index (χ0) is 15.6. The molecule has 1 aromatic rings. The van der Waals surface area contributed by atoms with Gasteiger partial charge in [-0.3, -0.25) is 4.79 Å². The van der Waals surface area contributed by atoms with Crippen molar-refractivity contribution in [2.24, 2.45) is 5.73 Å². The third-order valence-corrected chi connectivity index (χ3v) is 3.83. The molecule has 1 fully saturated rings. The molecule has 0 aliphatic carbocycles. The second kappa shape index (κ2) is 6.12. The van der Waals surface area contributed by atoms with Crippen LogP contribution in [0.3, 0.4) is 0 Å². The van der Waals surface area contributed by atoms with Crippen molar-refractivity contribution in [2.45, 2.75) is 31.8 Å². The first-order chi connectivity index (χ1) is 9.81. The van der Waals surface area contributed by atoms with Crippen molar-refractivity contribution in [2.75, 3.05) is 25.1 Å². The third kappa shape index (κ3) is 3.80. The van der Waals surface area contributed by atoms with Gasteiger partial charge in [-0.1, -0.05) is 11.6 Å². The first-order valence-electron chi connectivity index (χ1n) is 6.99. The topological polar surface area (TPSA) is 67.6 Å². The van der Waals surface area contributed by atoms with Crippen LogP contribution in [0.5, 0.6) is 5.75 Å². The van der Waals surface area contributed by atoms with Crippen LogP contribution in [0.4, 0.5) is 5.69 Å². The van der Waals surface area contributed by atoms with Gasteiger partial charge in [0.25, 0.3) is 0 Å². The van der Waals surface area contributed by atoms with Crippen LogP contribution < -0.4 is 20.7 Å². The van der Waals surface area contributed by atoms with Gasteiger partial charge < -0.3 is 20.7 Å². The molecule has 0 aromatic heterocycles. The van der Waals surface area contributed by atoms with Gasteiger partial charge in [0.1, 0.15) is 5.75 Å². The second-order valence-electron chi connectivity index (χ2n) is 5.94. The molecule has 6 heteroatoms. The Balaban J connectivity index is 2.06. The standard InChI is InChI=1S/C15H22ClN3O2/c1-15(2,17)14(20)18-11-6-7-19(9-11)12-8-10(16)4-5-13(12)21-3/h4-5,8,11H,6-7,9,17H2,1-3H3,(H,18,20). The van der Waals surface area contributed by atoms with Crippen molar-refractivity contribution in [1.82, 2.24) is 5.32 Å². The number of ether oxygens (including phenoxy) is 1. The van der Waals surface area contributed by atoms with E-state index in [1.807, 2.05) is 12.1 Å². The summed E-state index contributed by atoms with van der Waals surface area (Å²) in [4.78, 5) is 14.1. The highest BCUT2D eigenvalue weighted by Gasteiger charge is 2.29. The van der Waals surface area contributed by atoms with Crippen molar-refractivity contribution < 1.29 is 9.53 Å². The van der Waals surface area contributed by atoms with Crippen LogP contribution in [0.2, 0.25) is 5.02 Å². The summed E-state index contributed by atoms with van der Waals surface area (Å²) in [5.74, 6) is 0.651. The van der Waals surface area contributed by atoms with Gasteiger partial charge in [0.15, 0.2) is 0 Å². The lowest BCUT2D eigenvalue weighted by Crippen LogP contribution is -2.52. The highest BCUT2D eigenvalue weighted by atomic mass is 35.5. The van der Waals surface area contributed by atoms with Gasteiger partial charge in [-0.25, -0.2) is 0 Å². The van der Waals surface area contributed by atoms with E-state index in [4.69, 9.17) is 22.1 Å². The van der Waals surface area contributed by atoms with E-state index in [1.54, 1.807) is 27.0 Å². The minimum atomic E-state index is -0.860. The molecule has 3 N–H and O–H groups in total. The second-order valence-corrected chi connectivity index (χ2v) is 6.38. The molecule has 1 aromatic carbocycles. The van der Waals surface area contributed by atoms with Gasteiger partial charge in [-0.15, -0.1) is 0 Å². The summed E-state index contributed by atoms with van der Waals surface area (Å²) in [6, 6.07) is 5.63. The molecule has 1 atom stereocenters. The summed E-state index contributed by atoms with van der Waals surface area (Å²) >= 11 is 6.06. The molecule has 1 aliphatic rings. The molecule has 21 heavy (non-hydrogen) atoms. The third-order valence-electron chi connectivity index (χ3n) is 3.59. The average molecular weight is 312 g/mol. The first kappa shape index (κ1) is 15.9. The predicted octanol–water partition coefficient (Wildman–Crippen LogP) is 1.78. The van der Waals surface area contributed by atoms with E-state index in [-0.39, 0.29) is 11.9 Å². The number of rotatable bonds is 4. The Morgan fingerprint density at radius 2 is 2.24 bits per heavy atom.